The summed E-state index contributed by atoms with van der Waals surface area (Å²) in [7, 11) is 0. The minimum absolute atomic E-state index is 0.105. The number of nitrogens with zero attached hydrogens (tertiary/aromatic N) is 6. The highest BCUT2D eigenvalue weighted by molar-refractivity contribution is 7.80. The van der Waals surface area contributed by atoms with E-state index in [0.717, 1.165) is 58.0 Å². The Bertz CT molecular complexity index is 1660. The number of nitrogens with one attached hydrogen (secondary N) is 1. The first-order chi connectivity index (χ1) is 17.5. The summed E-state index contributed by atoms with van der Waals surface area (Å²) < 4.78 is 3.36. The first-order valence-corrected chi connectivity index (χ1v) is 12.0. The Morgan fingerprint density at radius 2 is 1.94 bits per heavy atom. The van der Waals surface area contributed by atoms with Crippen molar-refractivity contribution in [2.45, 2.75) is 18.9 Å². The van der Waals surface area contributed by atoms with Gasteiger partial charge in [-0.1, -0.05) is 48.1 Å². The summed E-state index contributed by atoms with van der Waals surface area (Å²) in [5.41, 5.74) is 11.4. The van der Waals surface area contributed by atoms with Gasteiger partial charge in [0.1, 0.15) is 17.1 Å². The number of pyridine rings is 1. The van der Waals surface area contributed by atoms with Gasteiger partial charge < -0.3 is 15.3 Å². The van der Waals surface area contributed by atoms with Crippen LogP contribution in [0, 0.1) is 0 Å². The van der Waals surface area contributed by atoms with Crippen LogP contribution in [0.4, 0.5) is 0 Å². The summed E-state index contributed by atoms with van der Waals surface area (Å²) in [6, 6.07) is 16.6. The lowest BCUT2D eigenvalue weighted by Gasteiger charge is -2.15. The lowest BCUT2D eigenvalue weighted by molar-refractivity contribution is 0.572. The van der Waals surface area contributed by atoms with Crippen molar-refractivity contribution in [3.8, 4) is 28.1 Å². The quantitative estimate of drug-likeness (QED) is 0.343. The number of thiocarbonyl (C=S) groups is 1. The van der Waals surface area contributed by atoms with Gasteiger partial charge in [0.05, 0.1) is 23.6 Å². The Morgan fingerprint density at radius 3 is 2.69 bits per heavy atom. The molecule has 178 valence electrons. The maximum Gasteiger partial charge on any atom is 0.252 e. The monoisotopic (exact) mass is 514 g/mol. The van der Waals surface area contributed by atoms with E-state index in [9.17, 15) is 4.79 Å². The average molecular weight is 515 g/mol. The number of H-pyrrole nitrogens is 1. The van der Waals surface area contributed by atoms with E-state index < -0.39 is 0 Å². The lowest BCUT2D eigenvalue weighted by Crippen LogP contribution is -2.23. The molecule has 4 heterocycles. The number of benzene rings is 2. The molecule has 5 aromatic rings. The number of rotatable bonds is 5. The molecule has 1 unspecified atom stereocenters. The van der Waals surface area contributed by atoms with Gasteiger partial charge >= 0.3 is 0 Å². The summed E-state index contributed by atoms with van der Waals surface area (Å²) in [6.07, 6.45) is 4.80. The topological polar surface area (TPSA) is 120 Å². The number of aryl methyl sites for hydroxylation is 1. The molecule has 1 aliphatic heterocycles. The van der Waals surface area contributed by atoms with Crippen molar-refractivity contribution in [2.24, 2.45) is 5.73 Å². The van der Waals surface area contributed by atoms with Gasteiger partial charge in [-0.3, -0.25) is 4.79 Å². The van der Waals surface area contributed by atoms with Crippen molar-refractivity contribution >= 4 is 28.8 Å². The smallest absolute Gasteiger partial charge is 0.252 e. The van der Waals surface area contributed by atoms with Crippen molar-refractivity contribution in [1.82, 2.24) is 34.7 Å². The van der Waals surface area contributed by atoms with Gasteiger partial charge in [0.25, 0.3) is 5.56 Å². The number of fused-ring (bicyclic) bond motifs is 1. The molecular weight excluding hydrogens is 496 g/mol. The average Bonchev–Trinajstić information content (AvgIpc) is 3.64. The van der Waals surface area contributed by atoms with E-state index in [0.29, 0.717) is 10.0 Å². The number of aromatic nitrogens is 7. The molecule has 6 rings (SSSR count). The second-order valence-electron chi connectivity index (χ2n) is 8.54. The van der Waals surface area contributed by atoms with E-state index in [1.54, 1.807) is 23.0 Å². The van der Waals surface area contributed by atoms with Gasteiger partial charge in [0, 0.05) is 27.9 Å². The zero-order valence-electron chi connectivity index (χ0n) is 18.8. The number of aromatic amines is 1. The van der Waals surface area contributed by atoms with E-state index in [-0.39, 0.29) is 11.6 Å². The number of nitrogens with two attached hydrogens (primary N) is 1. The van der Waals surface area contributed by atoms with Crippen LogP contribution in [-0.4, -0.2) is 39.7 Å². The molecule has 3 aromatic heterocycles. The van der Waals surface area contributed by atoms with Crippen LogP contribution in [0.15, 0.2) is 71.9 Å². The number of tetrazole rings is 1. The van der Waals surface area contributed by atoms with Crippen molar-refractivity contribution in [3.63, 3.8) is 0 Å². The van der Waals surface area contributed by atoms with E-state index in [2.05, 4.69) is 25.5 Å². The van der Waals surface area contributed by atoms with Crippen molar-refractivity contribution in [2.75, 3.05) is 0 Å². The van der Waals surface area contributed by atoms with Crippen LogP contribution in [0.2, 0.25) is 5.02 Å². The Morgan fingerprint density at radius 1 is 1.11 bits per heavy atom. The molecule has 0 amide bonds. The summed E-state index contributed by atoms with van der Waals surface area (Å²) in [4.78, 5) is 21.7. The number of hydrogen-bond donors (Lipinski definition) is 2. The highest BCUT2D eigenvalue weighted by atomic mass is 35.5. The Hall–Kier alpha value is -4.15. The summed E-state index contributed by atoms with van der Waals surface area (Å²) in [5, 5.41) is 12.0. The van der Waals surface area contributed by atoms with Gasteiger partial charge in [0.15, 0.2) is 0 Å². The third kappa shape index (κ3) is 3.90. The van der Waals surface area contributed by atoms with E-state index in [1.165, 1.54) is 6.33 Å². The second kappa shape index (κ2) is 8.81. The summed E-state index contributed by atoms with van der Waals surface area (Å²) in [6.45, 7) is 0. The fraction of sp³-hybridized carbons (Fsp3) is 0.120. The number of hydrogen-bond acceptors (Lipinski definition) is 6. The van der Waals surface area contributed by atoms with E-state index in [4.69, 9.17) is 29.6 Å². The largest absolute Gasteiger partial charge is 0.389 e. The molecule has 11 heteroatoms. The Kier molecular flexibility index (Phi) is 5.46. The van der Waals surface area contributed by atoms with Crippen LogP contribution in [0.5, 0.6) is 0 Å². The SMILES string of the molecule is NC(=S)c1ccc(-c2cnc(C3CCc4cc(-c5cc(Cl)ccc5-n5cnnn5)cc(=O)n43)[nH]2)cc1. The highest BCUT2D eigenvalue weighted by Gasteiger charge is 2.28. The van der Waals surface area contributed by atoms with Gasteiger partial charge in [0.2, 0.25) is 0 Å². The summed E-state index contributed by atoms with van der Waals surface area (Å²) >= 11 is 11.3. The molecule has 1 aliphatic rings. The van der Waals surface area contributed by atoms with Gasteiger partial charge in [-0.05, 0) is 58.7 Å². The van der Waals surface area contributed by atoms with Gasteiger partial charge in [-0.15, -0.1) is 5.10 Å². The molecule has 0 aliphatic carbocycles. The fourth-order valence-corrected chi connectivity index (χ4v) is 5.00. The van der Waals surface area contributed by atoms with Crippen molar-refractivity contribution in [1.29, 1.82) is 0 Å². The molecule has 2 aromatic carbocycles. The standard InChI is InChI=1S/C25H19ClN8OS/c26-17-5-7-21(33-13-29-31-32-33)19(11-17)16-9-18-6-8-22(34(18)23(35)10-16)25-28-12-20(30-25)14-1-3-15(4-2-14)24(27)36/h1-5,7,9-13,22H,6,8H2,(H2,27,36)(H,28,30). The normalized spacial score (nSPS) is 14.6. The number of imidazole rings is 1. The molecule has 0 radical (unpaired) electrons. The third-order valence-electron chi connectivity index (χ3n) is 6.39. The van der Waals surface area contributed by atoms with Crippen molar-refractivity contribution < 1.29 is 0 Å². The van der Waals surface area contributed by atoms with Gasteiger partial charge in [-0.2, -0.15) is 4.68 Å². The lowest BCUT2D eigenvalue weighted by atomic mass is 10.0. The molecule has 0 fully saturated rings. The molecule has 1 atom stereocenters. The molecule has 0 saturated carbocycles. The fourth-order valence-electron chi connectivity index (χ4n) is 4.69. The maximum atomic E-state index is 13.4. The van der Waals surface area contributed by atoms with E-state index >= 15 is 0 Å². The van der Waals surface area contributed by atoms with Crippen LogP contribution in [-0.2, 0) is 6.42 Å². The minimum Gasteiger partial charge on any atom is -0.389 e. The molecule has 3 N–H and O–H groups in total. The molecule has 0 bridgehead atoms. The van der Waals surface area contributed by atoms with Gasteiger partial charge in [-0.25, -0.2) is 4.98 Å². The third-order valence-corrected chi connectivity index (χ3v) is 6.86. The minimum atomic E-state index is -0.176. The maximum absolute atomic E-state index is 13.4. The number of halogens is 1. The molecule has 36 heavy (non-hydrogen) atoms. The van der Waals surface area contributed by atoms with Crippen LogP contribution in [0.3, 0.4) is 0 Å². The first kappa shape index (κ1) is 22.3. The van der Waals surface area contributed by atoms with E-state index in [1.807, 2.05) is 47.0 Å². The Balaban J connectivity index is 1.35. The first-order valence-electron chi connectivity index (χ1n) is 11.2. The molecule has 0 saturated heterocycles. The van der Waals surface area contributed by atoms with Crippen LogP contribution in [0.25, 0.3) is 28.1 Å². The highest BCUT2D eigenvalue weighted by Crippen LogP contribution is 2.34. The van der Waals surface area contributed by atoms with Crippen LogP contribution < -0.4 is 11.3 Å². The summed E-state index contributed by atoms with van der Waals surface area (Å²) in [5.74, 6) is 0.745. The molecule has 9 nitrogen and oxygen atoms in total. The molecule has 0 spiro atoms. The predicted molar refractivity (Wildman–Crippen MR) is 140 cm³/mol. The zero-order chi connectivity index (χ0) is 24.8. The second-order valence-corrected chi connectivity index (χ2v) is 9.41. The zero-order valence-corrected chi connectivity index (χ0v) is 20.4. The Labute approximate surface area is 215 Å². The van der Waals surface area contributed by atoms with Crippen LogP contribution in [0.1, 0.15) is 29.5 Å². The van der Waals surface area contributed by atoms with Crippen molar-refractivity contribution in [3.05, 3.63) is 99.6 Å². The predicted octanol–water partition coefficient (Wildman–Crippen LogP) is 3.70. The molecular formula is C25H19ClN8OS. The van der Waals surface area contributed by atoms with Crippen LogP contribution >= 0.6 is 23.8 Å².